The maximum absolute atomic E-state index is 12.3. The lowest BCUT2D eigenvalue weighted by Gasteiger charge is -2.13. The first kappa shape index (κ1) is 17.4. The molecule has 5 nitrogen and oxygen atoms in total. The lowest BCUT2D eigenvalue weighted by atomic mass is 10.1. The number of hydrogen-bond acceptors (Lipinski definition) is 3. The summed E-state index contributed by atoms with van der Waals surface area (Å²) < 4.78 is 2.81. The van der Waals surface area contributed by atoms with Crippen LogP contribution in [0, 0.1) is 19.8 Å². The molecule has 6 heteroatoms. The van der Waals surface area contributed by atoms with Gasteiger partial charge >= 0.3 is 0 Å². The van der Waals surface area contributed by atoms with E-state index in [-0.39, 0.29) is 17.6 Å². The molecule has 1 atom stereocenters. The molecule has 0 bridgehead atoms. The summed E-state index contributed by atoms with van der Waals surface area (Å²) in [5, 5.41) is 7.29. The standard InChI is InChI=1S/C17H20BrN3O2/c1-10(9-21-12(3)16(18)11(2)20-21)17(23)19-15-7-5-14(6-8-15)13(4)22/h5-8,10H,9H2,1-4H3,(H,19,23)/t10-/m1/s1. The number of rotatable bonds is 5. The minimum atomic E-state index is -0.229. The number of ketones is 1. The average molecular weight is 378 g/mol. The van der Waals surface area contributed by atoms with Crippen LogP contribution in [0.25, 0.3) is 0 Å². The SMILES string of the molecule is CC(=O)c1ccc(NC(=O)[C@H](C)Cn2nc(C)c(Br)c2C)cc1. The summed E-state index contributed by atoms with van der Waals surface area (Å²) in [6.45, 7) is 7.78. The number of nitrogens with zero attached hydrogens (tertiary/aromatic N) is 2. The van der Waals surface area contributed by atoms with E-state index in [0.717, 1.165) is 15.9 Å². The van der Waals surface area contributed by atoms with E-state index in [1.54, 1.807) is 24.3 Å². The monoisotopic (exact) mass is 377 g/mol. The zero-order valence-corrected chi connectivity index (χ0v) is 15.3. The first-order valence-electron chi connectivity index (χ1n) is 7.41. The summed E-state index contributed by atoms with van der Waals surface area (Å²) in [5.74, 6) is -0.303. The predicted molar refractivity (Wildman–Crippen MR) is 93.6 cm³/mol. The van der Waals surface area contributed by atoms with Crippen molar-refractivity contribution in [1.29, 1.82) is 0 Å². The Balaban J connectivity index is 2.02. The van der Waals surface area contributed by atoms with Crippen LogP contribution in [0.4, 0.5) is 5.69 Å². The van der Waals surface area contributed by atoms with Gasteiger partial charge in [0.25, 0.3) is 0 Å². The molecule has 122 valence electrons. The number of Topliss-reactive ketones (excluding diaryl/α,β-unsaturated/α-hetero) is 1. The minimum Gasteiger partial charge on any atom is -0.326 e. The summed E-state index contributed by atoms with van der Waals surface area (Å²) in [7, 11) is 0. The van der Waals surface area contributed by atoms with Crippen molar-refractivity contribution in [1.82, 2.24) is 9.78 Å². The van der Waals surface area contributed by atoms with Gasteiger partial charge < -0.3 is 5.32 Å². The van der Waals surface area contributed by atoms with Crippen molar-refractivity contribution in [2.24, 2.45) is 5.92 Å². The van der Waals surface area contributed by atoms with Crippen molar-refractivity contribution in [2.45, 2.75) is 34.2 Å². The number of halogens is 1. The maximum Gasteiger partial charge on any atom is 0.229 e. The molecule has 1 N–H and O–H groups in total. The highest BCUT2D eigenvalue weighted by atomic mass is 79.9. The van der Waals surface area contributed by atoms with E-state index in [1.807, 2.05) is 25.5 Å². The van der Waals surface area contributed by atoms with E-state index in [9.17, 15) is 9.59 Å². The third kappa shape index (κ3) is 4.07. The average Bonchev–Trinajstić information content (AvgIpc) is 2.75. The number of aromatic nitrogens is 2. The topological polar surface area (TPSA) is 64.0 Å². The summed E-state index contributed by atoms with van der Waals surface area (Å²) >= 11 is 3.49. The predicted octanol–water partition coefficient (Wildman–Crippen LogP) is 3.74. The largest absolute Gasteiger partial charge is 0.326 e. The smallest absolute Gasteiger partial charge is 0.229 e. The zero-order valence-electron chi connectivity index (χ0n) is 13.7. The Bertz CT molecular complexity index is 735. The number of aryl methyl sites for hydroxylation is 1. The molecule has 23 heavy (non-hydrogen) atoms. The molecule has 1 aromatic carbocycles. The molecule has 0 unspecified atom stereocenters. The fourth-order valence-corrected chi connectivity index (χ4v) is 2.53. The number of anilines is 1. The summed E-state index contributed by atoms with van der Waals surface area (Å²) in [5.41, 5.74) is 3.23. The lowest BCUT2D eigenvalue weighted by Crippen LogP contribution is -2.25. The van der Waals surface area contributed by atoms with E-state index in [4.69, 9.17) is 0 Å². The molecule has 2 aromatic rings. The Morgan fingerprint density at radius 1 is 1.26 bits per heavy atom. The number of carbonyl (C=O) groups is 2. The van der Waals surface area contributed by atoms with Gasteiger partial charge in [-0.05, 0) is 61.0 Å². The van der Waals surface area contributed by atoms with Crippen molar-refractivity contribution in [2.75, 3.05) is 5.32 Å². The lowest BCUT2D eigenvalue weighted by molar-refractivity contribution is -0.119. The number of amides is 1. The van der Waals surface area contributed by atoms with Crippen LogP contribution in [0.3, 0.4) is 0 Å². The van der Waals surface area contributed by atoms with Crippen molar-refractivity contribution < 1.29 is 9.59 Å². The van der Waals surface area contributed by atoms with E-state index in [1.165, 1.54) is 6.92 Å². The van der Waals surface area contributed by atoms with Gasteiger partial charge in [0, 0.05) is 16.9 Å². The molecule has 0 aliphatic rings. The fraction of sp³-hybridized carbons (Fsp3) is 0.353. The van der Waals surface area contributed by atoms with Gasteiger partial charge in [-0.15, -0.1) is 0 Å². The number of hydrogen-bond donors (Lipinski definition) is 1. The second kappa shape index (κ2) is 7.08. The third-order valence-electron chi connectivity index (χ3n) is 3.75. The molecule has 0 aliphatic heterocycles. The van der Waals surface area contributed by atoms with E-state index < -0.39 is 0 Å². The van der Waals surface area contributed by atoms with Crippen LogP contribution in [0.5, 0.6) is 0 Å². The van der Waals surface area contributed by atoms with Gasteiger partial charge in [-0.2, -0.15) is 5.10 Å². The minimum absolute atomic E-state index is 0.00588. The van der Waals surface area contributed by atoms with Crippen LogP contribution in [-0.2, 0) is 11.3 Å². The highest BCUT2D eigenvalue weighted by Crippen LogP contribution is 2.21. The summed E-state index contributed by atoms with van der Waals surface area (Å²) in [6, 6.07) is 6.89. The van der Waals surface area contributed by atoms with E-state index >= 15 is 0 Å². The second-order valence-corrected chi connectivity index (χ2v) is 6.48. The first-order valence-corrected chi connectivity index (χ1v) is 8.20. The zero-order chi connectivity index (χ0) is 17.1. The van der Waals surface area contributed by atoms with Gasteiger partial charge in [0.2, 0.25) is 5.91 Å². The third-order valence-corrected chi connectivity index (χ3v) is 4.89. The Labute approximate surface area is 144 Å². The molecule has 2 rings (SSSR count). The van der Waals surface area contributed by atoms with Gasteiger partial charge in [-0.1, -0.05) is 6.92 Å². The second-order valence-electron chi connectivity index (χ2n) is 5.69. The summed E-state index contributed by atoms with van der Waals surface area (Å²) in [6.07, 6.45) is 0. The number of nitrogens with one attached hydrogen (secondary N) is 1. The van der Waals surface area contributed by atoms with Crippen molar-refractivity contribution in [3.63, 3.8) is 0 Å². The molecule has 1 aromatic heterocycles. The Morgan fingerprint density at radius 3 is 2.35 bits per heavy atom. The quantitative estimate of drug-likeness (QED) is 0.807. The highest BCUT2D eigenvalue weighted by molar-refractivity contribution is 9.10. The molecule has 1 amide bonds. The van der Waals surface area contributed by atoms with E-state index in [2.05, 4.69) is 26.3 Å². The van der Waals surface area contributed by atoms with Gasteiger partial charge in [0.1, 0.15) is 0 Å². The molecule has 0 fully saturated rings. The van der Waals surface area contributed by atoms with Crippen LogP contribution >= 0.6 is 15.9 Å². The number of carbonyl (C=O) groups excluding carboxylic acids is 2. The molecular formula is C17H20BrN3O2. The van der Waals surface area contributed by atoms with Crippen LogP contribution < -0.4 is 5.32 Å². The molecule has 1 heterocycles. The van der Waals surface area contributed by atoms with Crippen molar-refractivity contribution >= 4 is 33.3 Å². The Hall–Kier alpha value is -1.95. The molecular weight excluding hydrogens is 358 g/mol. The van der Waals surface area contributed by atoms with Crippen molar-refractivity contribution in [3.05, 3.63) is 45.7 Å². The normalized spacial score (nSPS) is 12.0. The van der Waals surface area contributed by atoms with E-state index in [0.29, 0.717) is 17.8 Å². The Morgan fingerprint density at radius 2 is 1.87 bits per heavy atom. The molecule has 0 radical (unpaired) electrons. The highest BCUT2D eigenvalue weighted by Gasteiger charge is 2.17. The molecule has 0 spiro atoms. The first-order chi connectivity index (χ1) is 10.8. The molecule has 0 aliphatic carbocycles. The molecule has 0 saturated heterocycles. The van der Waals surface area contributed by atoms with Gasteiger partial charge in [-0.25, -0.2) is 0 Å². The van der Waals surface area contributed by atoms with Crippen molar-refractivity contribution in [3.8, 4) is 0 Å². The van der Waals surface area contributed by atoms with Gasteiger partial charge in [0.15, 0.2) is 5.78 Å². The summed E-state index contributed by atoms with van der Waals surface area (Å²) in [4.78, 5) is 23.6. The van der Waals surface area contributed by atoms with Crippen LogP contribution in [0.2, 0.25) is 0 Å². The van der Waals surface area contributed by atoms with Crippen LogP contribution in [0.1, 0.15) is 35.6 Å². The van der Waals surface area contributed by atoms with Crippen LogP contribution in [-0.4, -0.2) is 21.5 Å². The maximum atomic E-state index is 12.3. The Kier molecular flexibility index (Phi) is 5.36. The fourth-order valence-electron chi connectivity index (χ4n) is 2.25. The van der Waals surface area contributed by atoms with Crippen LogP contribution in [0.15, 0.2) is 28.7 Å². The van der Waals surface area contributed by atoms with Gasteiger partial charge in [0.05, 0.1) is 22.6 Å². The van der Waals surface area contributed by atoms with Gasteiger partial charge in [-0.3, -0.25) is 14.3 Å². The number of benzene rings is 1. The molecule has 0 saturated carbocycles.